The molecule has 3 rings (SSSR count). The lowest BCUT2D eigenvalue weighted by Gasteiger charge is -2.16. The number of rotatable bonds is 4. The number of carbonyl (C=O) groups is 2. The number of carbonyl (C=O) groups excluding carboxylic acids is 2. The van der Waals surface area contributed by atoms with Crippen LogP contribution >= 0.6 is 0 Å². The number of sulfonamides is 1. The minimum absolute atomic E-state index is 0.193. The zero-order valence-electron chi connectivity index (χ0n) is 15.5. The summed E-state index contributed by atoms with van der Waals surface area (Å²) in [6.45, 7) is 5.55. The van der Waals surface area contributed by atoms with E-state index in [0.717, 1.165) is 27.5 Å². The maximum Gasteiger partial charge on any atom is 0.255 e. The number of para-hydroxylation sites is 1. The lowest BCUT2D eigenvalue weighted by Crippen LogP contribution is -2.30. The highest BCUT2D eigenvalue weighted by molar-refractivity contribution is 7.94. The van der Waals surface area contributed by atoms with Crippen molar-refractivity contribution in [3.05, 3.63) is 59.2 Å². The molecule has 7 heteroatoms. The first-order valence-corrected chi connectivity index (χ1v) is 10.4. The number of nitrogens with one attached hydrogen (secondary N) is 1. The Morgan fingerprint density at radius 2 is 1.85 bits per heavy atom. The molecular formula is C20H22N2O4S. The summed E-state index contributed by atoms with van der Waals surface area (Å²) >= 11 is 0. The van der Waals surface area contributed by atoms with Gasteiger partial charge in [-0.05, 0) is 48.7 Å². The first kappa shape index (κ1) is 19.1. The molecule has 1 saturated heterocycles. The molecule has 1 heterocycles. The summed E-state index contributed by atoms with van der Waals surface area (Å²) in [4.78, 5) is 24.8. The fourth-order valence-electron chi connectivity index (χ4n) is 3.22. The minimum atomic E-state index is -3.65. The Bertz CT molecular complexity index is 997. The van der Waals surface area contributed by atoms with Crippen molar-refractivity contribution in [3.8, 4) is 0 Å². The van der Waals surface area contributed by atoms with Gasteiger partial charge in [-0.25, -0.2) is 12.7 Å². The maximum absolute atomic E-state index is 12.6. The van der Waals surface area contributed by atoms with Crippen LogP contribution in [0.1, 0.15) is 35.3 Å². The molecule has 1 aliphatic heterocycles. The van der Waals surface area contributed by atoms with E-state index in [1.54, 1.807) is 6.92 Å². The maximum atomic E-state index is 12.6. The van der Waals surface area contributed by atoms with Gasteiger partial charge in [-0.1, -0.05) is 32.0 Å². The van der Waals surface area contributed by atoms with Gasteiger partial charge in [-0.3, -0.25) is 9.59 Å². The summed E-state index contributed by atoms with van der Waals surface area (Å²) in [6, 6.07) is 11.9. The van der Waals surface area contributed by atoms with Gasteiger partial charge in [0.2, 0.25) is 15.9 Å². The highest BCUT2D eigenvalue weighted by atomic mass is 32.2. The predicted molar refractivity (Wildman–Crippen MR) is 105 cm³/mol. The molecular weight excluding hydrogens is 364 g/mol. The number of aryl methyl sites for hydroxylation is 2. The standard InChI is InChI=1S/C20H22N2O4S/c1-4-15-7-5-6-13(2)18(15)21-19(23)16-8-10-17(11-9-16)22-20(24)14(3)12-27(22,25)26/h5-11,14H,4,12H2,1-3H3,(H,21,23)/t14-/m1/s1. The highest BCUT2D eigenvalue weighted by Gasteiger charge is 2.41. The van der Waals surface area contributed by atoms with Crippen molar-refractivity contribution in [2.75, 3.05) is 15.4 Å². The van der Waals surface area contributed by atoms with Gasteiger partial charge < -0.3 is 5.32 Å². The number of anilines is 2. The van der Waals surface area contributed by atoms with Crippen molar-refractivity contribution in [1.29, 1.82) is 0 Å². The van der Waals surface area contributed by atoms with Crippen LogP contribution in [0.25, 0.3) is 0 Å². The average Bonchev–Trinajstić information content (AvgIpc) is 2.83. The second-order valence-electron chi connectivity index (χ2n) is 6.75. The second kappa shape index (κ2) is 7.15. The molecule has 0 unspecified atom stereocenters. The van der Waals surface area contributed by atoms with Gasteiger partial charge in [-0.2, -0.15) is 0 Å². The molecule has 2 aromatic carbocycles. The average molecular weight is 386 g/mol. The van der Waals surface area contributed by atoms with E-state index in [-0.39, 0.29) is 17.3 Å². The van der Waals surface area contributed by atoms with Crippen molar-refractivity contribution >= 4 is 33.2 Å². The summed E-state index contributed by atoms with van der Waals surface area (Å²) in [7, 11) is -3.65. The van der Waals surface area contributed by atoms with Crippen LogP contribution in [0.4, 0.5) is 11.4 Å². The van der Waals surface area contributed by atoms with E-state index in [1.165, 1.54) is 24.3 Å². The first-order chi connectivity index (χ1) is 12.7. The zero-order chi connectivity index (χ0) is 19.8. The summed E-state index contributed by atoms with van der Waals surface area (Å²) in [5.74, 6) is -1.48. The van der Waals surface area contributed by atoms with Gasteiger partial charge >= 0.3 is 0 Å². The van der Waals surface area contributed by atoms with Crippen LogP contribution in [0.2, 0.25) is 0 Å². The van der Waals surface area contributed by atoms with Crippen LogP contribution in [0.3, 0.4) is 0 Å². The normalized spacial score (nSPS) is 18.6. The molecule has 0 saturated carbocycles. The minimum Gasteiger partial charge on any atom is -0.321 e. The molecule has 0 radical (unpaired) electrons. The van der Waals surface area contributed by atoms with E-state index < -0.39 is 21.8 Å². The molecule has 0 bridgehead atoms. The third kappa shape index (κ3) is 3.60. The Morgan fingerprint density at radius 3 is 2.41 bits per heavy atom. The van der Waals surface area contributed by atoms with Crippen LogP contribution in [0.15, 0.2) is 42.5 Å². The van der Waals surface area contributed by atoms with Crippen molar-refractivity contribution < 1.29 is 18.0 Å². The van der Waals surface area contributed by atoms with Gasteiger partial charge in [0.15, 0.2) is 0 Å². The van der Waals surface area contributed by atoms with E-state index in [0.29, 0.717) is 5.56 Å². The molecule has 27 heavy (non-hydrogen) atoms. The second-order valence-corrected chi connectivity index (χ2v) is 8.61. The van der Waals surface area contributed by atoms with E-state index >= 15 is 0 Å². The number of benzene rings is 2. The summed E-state index contributed by atoms with van der Waals surface area (Å²) in [6.07, 6.45) is 0.795. The van der Waals surface area contributed by atoms with Crippen molar-refractivity contribution in [2.24, 2.45) is 5.92 Å². The molecule has 2 amide bonds. The van der Waals surface area contributed by atoms with E-state index in [2.05, 4.69) is 5.32 Å². The summed E-state index contributed by atoms with van der Waals surface area (Å²) in [5, 5.41) is 2.93. The van der Waals surface area contributed by atoms with Gasteiger partial charge in [-0.15, -0.1) is 0 Å². The first-order valence-electron chi connectivity index (χ1n) is 8.81. The Labute approximate surface area is 159 Å². The molecule has 142 valence electrons. The molecule has 0 aromatic heterocycles. The topological polar surface area (TPSA) is 83.6 Å². The number of hydrogen-bond acceptors (Lipinski definition) is 4. The van der Waals surface area contributed by atoms with Gasteiger partial charge in [0.05, 0.1) is 17.4 Å². The lowest BCUT2D eigenvalue weighted by molar-refractivity contribution is -0.119. The Kier molecular flexibility index (Phi) is 5.06. The number of amides is 2. The van der Waals surface area contributed by atoms with Crippen molar-refractivity contribution in [2.45, 2.75) is 27.2 Å². The molecule has 6 nitrogen and oxygen atoms in total. The van der Waals surface area contributed by atoms with Gasteiger partial charge in [0, 0.05) is 11.3 Å². The SMILES string of the molecule is CCc1cccc(C)c1NC(=O)c1ccc(N2C(=O)[C@H](C)CS2(=O)=O)cc1. The molecule has 0 aliphatic carbocycles. The van der Waals surface area contributed by atoms with Crippen LogP contribution in [0, 0.1) is 12.8 Å². The highest BCUT2D eigenvalue weighted by Crippen LogP contribution is 2.28. The van der Waals surface area contributed by atoms with Gasteiger partial charge in [0.25, 0.3) is 5.91 Å². The lowest BCUT2D eigenvalue weighted by atomic mass is 10.1. The molecule has 1 aliphatic rings. The zero-order valence-corrected chi connectivity index (χ0v) is 16.3. The largest absolute Gasteiger partial charge is 0.321 e. The van der Waals surface area contributed by atoms with Crippen LogP contribution in [-0.4, -0.2) is 26.0 Å². The number of nitrogens with zero attached hydrogens (tertiary/aromatic N) is 1. The van der Waals surface area contributed by atoms with Crippen molar-refractivity contribution in [3.63, 3.8) is 0 Å². The third-order valence-corrected chi connectivity index (χ3v) is 6.57. The molecule has 0 spiro atoms. The number of hydrogen-bond donors (Lipinski definition) is 1. The Morgan fingerprint density at radius 1 is 1.19 bits per heavy atom. The van der Waals surface area contributed by atoms with E-state index in [9.17, 15) is 18.0 Å². The molecule has 1 atom stereocenters. The molecule has 1 N–H and O–H groups in total. The van der Waals surface area contributed by atoms with Gasteiger partial charge in [0.1, 0.15) is 0 Å². The third-order valence-electron chi connectivity index (χ3n) is 4.70. The summed E-state index contributed by atoms with van der Waals surface area (Å²) in [5.41, 5.74) is 3.46. The Hall–Kier alpha value is -2.67. The van der Waals surface area contributed by atoms with Crippen LogP contribution in [0.5, 0.6) is 0 Å². The monoisotopic (exact) mass is 386 g/mol. The molecule has 2 aromatic rings. The predicted octanol–water partition coefficient (Wildman–Crippen LogP) is 3.12. The molecule has 1 fully saturated rings. The quantitative estimate of drug-likeness (QED) is 0.875. The summed E-state index contributed by atoms with van der Waals surface area (Å²) < 4.78 is 25.2. The Balaban J connectivity index is 1.84. The van der Waals surface area contributed by atoms with E-state index in [1.807, 2.05) is 32.0 Å². The fraction of sp³-hybridized carbons (Fsp3) is 0.300. The smallest absolute Gasteiger partial charge is 0.255 e. The van der Waals surface area contributed by atoms with Crippen molar-refractivity contribution in [1.82, 2.24) is 0 Å². The van der Waals surface area contributed by atoms with Crippen LogP contribution < -0.4 is 9.62 Å². The van der Waals surface area contributed by atoms with E-state index in [4.69, 9.17) is 0 Å². The van der Waals surface area contributed by atoms with Crippen LogP contribution in [-0.2, 0) is 21.2 Å². The fourth-order valence-corrected chi connectivity index (χ4v) is 5.04.